The van der Waals surface area contributed by atoms with Gasteiger partial charge in [0.1, 0.15) is 5.03 Å². The molecular formula is C18H14N4OS. The fourth-order valence-corrected chi connectivity index (χ4v) is 3.59. The first-order chi connectivity index (χ1) is 11.8. The fourth-order valence-electron chi connectivity index (χ4n) is 2.57. The first-order valence-corrected chi connectivity index (χ1v) is 8.31. The molecule has 0 aliphatic heterocycles. The van der Waals surface area contributed by atoms with Crippen molar-refractivity contribution in [2.75, 3.05) is 0 Å². The molecule has 0 radical (unpaired) electrons. The molecule has 0 aliphatic rings. The lowest BCUT2D eigenvalue weighted by Crippen LogP contribution is -1.98. The number of rotatable bonds is 4. The zero-order chi connectivity index (χ0) is 16.5. The summed E-state index contributed by atoms with van der Waals surface area (Å²) in [5, 5.41) is 6.01. The zero-order valence-corrected chi connectivity index (χ0v) is 13.7. The lowest BCUT2D eigenvalue weighted by Gasteiger charge is -2.06. The molecule has 2 aromatic carbocycles. The van der Waals surface area contributed by atoms with Crippen LogP contribution in [0.4, 0.5) is 0 Å². The first-order valence-electron chi connectivity index (χ1n) is 7.49. The van der Waals surface area contributed by atoms with Gasteiger partial charge >= 0.3 is 0 Å². The average molecular weight is 334 g/mol. The summed E-state index contributed by atoms with van der Waals surface area (Å²) >= 11 is 1.41. The Kier molecular flexibility index (Phi) is 3.66. The number of aldehydes is 1. The number of para-hydroxylation sites is 3. The largest absolute Gasteiger partial charge is 0.333 e. The highest BCUT2D eigenvalue weighted by Crippen LogP contribution is 2.32. The van der Waals surface area contributed by atoms with Crippen molar-refractivity contribution in [1.29, 1.82) is 0 Å². The van der Waals surface area contributed by atoms with Crippen LogP contribution in [0.1, 0.15) is 16.1 Å². The Morgan fingerprint density at radius 2 is 1.83 bits per heavy atom. The van der Waals surface area contributed by atoms with Crippen LogP contribution in [0.3, 0.4) is 0 Å². The number of aryl methyl sites for hydroxylation is 1. The molecular weight excluding hydrogens is 320 g/mol. The maximum absolute atomic E-state index is 11.6. The van der Waals surface area contributed by atoms with Gasteiger partial charge in [-0.2, -0.15) is 5.10 Å². The average Bonchev–Trinajstić information content (AvgIpc) is 3.16. The van der Waals surface area contributed by atoms with E-state index in [1.807, 2.05) is 61.5 Å². The molecule has 118 valence electrons. The van der Waals surface area contributed by atoms with Crippen molar-refractivity contribution in [3.05, 3.63) is 65.9 Å². The van der Waals surface area contributed by atoms with Crippen LogP contribution in [-0.4, -0.2) is 26.0 Å². The second-order valence-corrected chi connectivity index (χ2v) is 6.31. The number of carbonyl (C=O) groups is 1. The van der Waals surface area contributed by atoms with Gasteiger partial charge in [0.05, 0.1) is 28.0 Å². The molecule has 24 heavy (non-hydrogen) atoms. The Bertz CT molecular complexity index is 987. The summed E-state index contributed by atoms with van der Waals surface area (Å²) < 4.78 is 1.79. The summed E-state index contributed by atoms with van der Waals surface area (Å²) in [6.07, 6.45) is 0.854. The molecule has 0 bridgehead atoms. The van der Waals surface area contributed by atoms with E-state index < -0.39 is 0 Å². The smallest absolute Gasteiger partial charge is 0.172 e. The predicted octanol–water partition coefficient (Wildman–Crippen LogP) is 4.02. The molecule has 0 saturated carbocycles. The van der Waals surface area contributed by atoms with Crippen molar-refractivity contribution in [3.8, 4) is 5.69 Å². The van der Waals surface area contributed by atoms with E-state index in [1.165, 1.54) is 11.8 Å². The number of hydrogen-bond donors (Lipinski definition) is 1. The predicted molar refractivity (Wildman–Crippen MR) is 93.9 cm³/mol. The minimum absolute atomic E-state index is 0.587. The summed E-state index contributed by atoms with van der Waals surface area (Å²) in [5.41, 5.74) is 4.06. The fraction of sp³-hybridized carbons (Fsp3) is 0.0556. The van der Waals surface area contributed by atoms with E-state index in [9.17, 15) is 4.79 Å². The van der Waals surface area contributed by atoms with Gasteiger partial charge in [-0.1, -0.05) is 30.3 Å². The van der Waals surface area contributed by atoms with Crippen LogP contribution < -0.4 is 0 Å². The quantitative estimate of drug-likeness (QED) is 0.573. The molecule has 0 spiro atoms. The second kappa shape index (κ2) is 5.98. The number of aromatic amines is 1. The van der Waals surface area contributed by atoms with Gasteiger partial charge in [0, 0.05) is 0 Å². The maximum Gasteiger partial charge on any atom is 0.172 e. The highest BCUT2D eigenvalue weighted by atomic mass is 32.2. The summed E-state index contributed by atoms with van der Waals surface area (Å²) in [6.45, 7) is 1.84. The van der Waals surface area contributed by atoms with Crippen LogP contribution >= 0.6 is 11.8 Å². The Morgan fingerprint density at radius 1 is 1.08 bits per heavy atom. The van der Waals surface area contributed by atoms with E-state index in [0.717, 1.165) is 33.2 Å². The SMILES string of the molecule is Cc1nn(-c2ccccc2)c(Sc2nc3ccccc3[nH]2)c1C=O. The topological polar surface area (TPSA) is 63.6 Å². The van der Waals surface area contributed by atoms with E-state index >= 15 is 0 Å². The van der Waals surface area contributed by atoms with Crippen LogP contribution in [0.5, 0.6) is 0 Å². The van der Waals surface area contributed by atoms with Gasteiger partial charge in [-0.15, -0.1) is 0 Å². The highest BCUT2D eigenvalue weighted by Gasteiger charge is 2.18. The molecule has 2 aromatic heterocycles. The summed E-state index contributed by atoms with van der Waals surface area (Å²) in [7, 11) is 0. The molecule has 4 aromatic rings. The van der Waals surface area contributed by atoms with Crippen LogP contribution in [0.2, 0.25) is 0 Å². The summed E-state index contributed by atoms with van der Waals surface area (Å²) in [6, 6.07) is 17.6. The minimum atomic E-state index is 0.587. The first kappa shape index (κ1) is 14.7. The number of benzene rings is 2. The molecule has 2 heterocycles. The molecule has 1 N–H and O–H groups in total. The van der Waals surface area contributed by atoms with Gasteiger partial charge in [0.15, 0.2) is 11.4 Å². The lowest BCUT2D eigenvalue weighted by atomic mass is 10.3. The van der Waals surface area contributed by atoms with Crippen molar-refractivity contribution < 1.29 is 4.79 Å². The van der Waals surface area contributed by atoms with Crippen LogP contribution in [0, 0.1) is 6.92 Å². The second-order valence-electron chi connectivity index (χ2n) is 5.33. The van der Waals surface area contributed by atoms with Crippen molar-refractivity contribution in [2.24, 2.45) is 0 Å². The standard InChI is InChI=1S/C18H14N4OS/c1-12-14(11-23)17(22(21-12)13-7-3-2-4-8-13)24-18-19-15-9-5-6-10-16(15)20-18/h2-11H,1H3,(H,19,20). The van der Waals surface area contributed by atoms with E-state index in [2.05, 4.69) is 15.1 Å². The Morgan fingerprint density at radius 3 is 2.58 bits per heavy atom. The van der Waals surface area contributed by atoms with Crippen molar-refractivity contribution >= 4 is 29.1 Å². The summed E-state index contributed by atoms with van der Waals surface area (Å²) in [4.78, 5) is 19.4. The molecule has 0 aliphatic carbocycles. The minimum Gasteiger partial charge on any atom is -0.333 e. The Labute approximate surface area is 142 Å². The number of H-pyrrole nitrogens is 1. The molecule has 4 rings (SSSR count). The van der Waals surface area contributed by atoms with E-state index in [4.69, 9.17) is 0 Å². The Balaban J connectivity index is 1.83. The normalized spacial score (nSPS) is 11.0. The third kappa shape index (κ3) is 2.51. The number of nitrogens with one attached hydrogen (secondary N) is 1. The number of carbonyl (C=O) groups excluding carboxylic acids is 1. The molecule has 0 fully saturated rings. The number of imidazole rings is 1. The summed E-state index contributed by atoms with van der Waals surface area (Å²) in [5.74, 6) is 0. The number of aromatic nitrogens is 4. The van der Waals surface area contributed by atoms with Gasteiger partial charge < -0.3 is 4.98 Å². The third-order valence-electron chi connectivity index (χ3n) is 3.74. The van der Waals surface area contributed by atoms with Crippen LogP contribution in [-0.2, 0) is 0 Å². The molecule has 0 atom stereocenters. The van der Waals surface area contributed by atoms with Gasteiger partial charge in [-0.25, -0.2) is 9.67 Å². The molecule has 6 heteroatoms. The van der Waals surface area contributed by atoms with Crippen molar-refractivity contribution in [1.82, 2.24) is 19.7 Å². The highest BCUT2D eigenvalue weighted by molar-refractivity contribution is 7.99. The molecule has 5 nitrogen and oxygen atoms in total. The van der Waals surface area contributed by atoms with Gasteiger partial charge in [0.25, 0.3) is 0 Å². The Hall–Kier alpha value is -2.86. The number of hydrogen-bond acceptors (Lipinski definition) is 4. The van der Waals surface area contributed by atoms with Gasteiger partial charge in [-0.05, 0) is 43.0 Å². The number of fused-ring (bicyclic) bond motifs is 1. The lowest BCUT2D eigenvalue weighted by molar-refractivity contribution is 0.112. The van der Waals surface area contributed by atoms with E-state index in [-0.39, 0.29) is 0 Å². The van der Waals surface area contributed by atoms with E-state index in [1.54, 1.807) is 4.68 Å². The number of nitrogens with zero attached hydrogens (tertiary/aromatic N) is 3. The van der Waals surface area contributed by atoms with Crippen molar-refractivity contribution in [3.63, 3.8) is 0 Å². The molecule has 0 unspecified atom stereocenters. The third-order valence-corrected chi connectivity index (χ3v) is 4.72. The monoisotopic (exact) mass is 334 g/mol. The van der Waals surface area contributed by atoms with Gasteiger partial charge in [-0.3, -0.25) is 4.79 Å². The molecule has 0 saturated heterocycles. The van der Waals surface area contributed by atoms with Crippen LogP contribution in [0.15, 0.2) is 64.8 Å². The van der Waals surface area contributed by atoms with Crippen LogP contribution in [0.25, 0.3) is 16.7 Å². The molecule has 0 amide bonds. The van der Waals surface area contributed by atoms with Crippen molar-refractivity contribution in [2.45, 2.75) is 17.1 Å². The maximum atomic E-state index is 11.6. The van der Waals surface area contributed by atoms with Gasteiger partial charge in [0.2, 0.25) is 0 Å². The zero-order valence-electron chi connectivity index (χ0n) is 12.9. The van der Waals surface area contributed by atoms with E-state index in [0.29, 0.717) is 11.3 Å².